The number of carbonyl (C=O) groups is 1. The van der Waals surface area contributed by atoms with Crippen LogP contribution in [0, 0.1) is 5.82 Å². The lowest BCUT2D eigenvalue weighted by atomic mass is 10.1. The minimum Gasteiger partial charge on any atom is -0.396 e. The zero-order valence-electron chi connectivity index (χ0n) is 11.5. The number of rotatable bonds is 3. The van der Waals surface area contributed by atoms with E-state index in [4.69, 9.17) is 5.73 Å². The highest BCUT2D eigenvalue weighted by atomic mass is 19.1. The third-order valence-electron chi connectivity index (χ3n) is 3.43. The van der Waals surface area contributed by atoms with Crippen molar-refractivity contribution in [2.75, 3.05) is 12.8 Å². The molecule has 0 bridgehead atoms. The number of carbonyl (C=O) groups excluding carboxylic acids is 1. The molecule has 2 N–H and O–H groups in total. The van der Waals surface area contributed by atoms with Crippen molar-refractivity contribution in [2.45, 2.75) is 13.0 Å². The smallest absolute Gasteiger partial charge is 0.254 e. The van der Waals surface area contributed by atoms with Gasteiger partial charge in [0.2, 0.25) is 0 Å². The van der Waals surface area contributed by atoms with Crippen LogP contribution in [-0.4, -0.2) is 17.9 Å². The molecule has 1 unspecified atom stereocenters. The highest BCUT2D eigenvalue weighted by Crippen LogP contribution is 2.21. The molecule has 0 spiro atoms. The molecule has 4 heteroatoms. The maximum atomic E-state index is 13.1. The van der Waals surface area contributed by atoms with E-state index < -0.39 is 5.82 Å². The summed E-state index contributed by atoms with van der Waals surface area (Å²) in [6.07, 6.45) is 0. The van der Waals surface area contributed by atoms with Crippen LogP contribution >= 0.6 is 0 Å². The minimum absolute atomic E-state index is 0.0170. The summed E-state index contributed by atoms with van der Waals surface area (Å²) >= 11 is 0. The van der Waals surface area contributed by atoms with Gasteiger partial charge in [0.05, 0.1) is 11.7 Å². The number of halogens is 1. The number of nitrogens with two attached hydrogens (primary N) is 1. The number of nitrogen functional groups attached to an aromatic ring is 1. The zero-order valence-corrected chi connectivity index (χ0v) is 11.5. The summed E-state index contributed by atoms with van der Waals surface area (Å²) in [5.74, 6) is -0.701. The van der Waals surface area contributed by atoms with Crippen molar-refractivity contribution in [3.05, 3.63) is 65.5 Å². The summed E-state index contributed by atoms with van der Waals surface area (Å²) in [4.78, 5) is 14.0. The standard InChI is InChI=1S/C16H17FN2O/c1-11(12-6-4-3-5-7-12)19(2)16(20)13-8-9-14(17)15(18)10-13/h3-11H,18H2,1-2H3. The Bertz CT molecular complexity index is 613. The van der Waals surface area contributed by atoms with Crippen LogP contribution in [0.2, 0.25) is 0 Å². The quantitative estimate of drug-likeness (QED) is 0.872. The zero-order chi connectivity index (χ0) is 14.7. The van der Waals surface area contributed by atoms with Crippen LogP contribution in [0.25, 0.3) is 0 Å². The van der Waals surface area contributed by atoms with Crippen LogP contribution < -0.4 is 5.73 Å². The van der Waals surface area contributed by atoms with Crippen LogP contribution in [0.5, 0.6) is 0 Å². The molecule has 0 saturated carbocycles. The SMILES string of the molecule is CC(c1ccccc1)N(C)C(=O)c1ccc(F)c(N)c1. The fraction of sp³-hybridized carbons (Fsp3) is 0.188. The molecule has 0 radical (unpaired) electrons. The maximum Gasteiger partial charge on any atom is 0.254 e. The van der Waals surface area contributed by atoms with Gasteiger partial charge in [-0.3, -0.25) is 4.79 Å². The highest BCUT2D eigenvalue weighted by molar-refractivity contribution is 5.95. The molecule has 0 heterocycles. The Hall–Kier alpha value is -2.36. The van der Waals surface area contributed by atoms with E-state index in [0.717, 1.165) is 5.56 Å². The number of hydrogen-bond acceptors (Lipinski definition) is 2. The second kappa shape index (κ2) is 5.74. The minimum atomic E-state index is -0.514. The predicted octanol–water partition coefficient (Wildman–Crippen LogP) is 3.24. The second-order valence-corrected chi connectivity index (χ2v) is 4.74. The molecule has 2 rings (SSSR count). The van der Waals surface area contributed by atoms with E-state index in [1.807, 2.05) is 37.3 Å². The Balaban J connectivity index is 2.22. The number of amides is 1. The van der Waals surface area contributed by atoms with Gasteiger partial charge < -0.3 is 10.6 Å². The lowest BCUT2D eigenvalue weighted by Crippen LogP contribution is -2.29. The van der Waals surface area contributed by atoms with Crippen LogP contribution in [0.3, 0.4) is 0 Å². The summed E-state index contributed by atoms with van der Waals surface area (Å²) < 4.78 is 13.1. The Morgan fingerprint density at radius 3 is 2.45 bits per heavy atom. The van der Waals surface area contributed by atoms with Crippen LogP contribution in [-0.2, 0) is 0 Å². The van der Waals surface area contributed by atoms with Crippen molar-refractivity contribution in [1.82, 2.24) is 4.90 Å². The van der Waals surface area contributed by atoms with Crippen LogP contribution in [0.15, 0.2) is 48.5 Å². The molecule has 0 aromatic heterocycles. The third-order valence-corrected chi connectivity index (χ3v) is 3.43. The summed E-state index contributed by atoms with van der Waals surface area (Å²) in [5, 5.41) is 0. The molecule has 0 aliphatic heterocycles. The largest absolute Gasteiger partial charge is 0.396 e. The molecular weight excluding hydrogens is 255 g/mol. The van der Waals surface area contributed by atoms with E-state index in [1.165, 1.54) is 18.2 Å². The first-order valence-electron chi connectivity index (χ1n) is 6.38. The van der Waals surface area contributed by atoms with Gasteiger partial charge in [0.25, 0.3) is 5.91 Å². The lowest BCUT2D eigenvalue weighted by molar-refractivity contribution is 0.0742. The van der Waals surface area contributed by atoms with Crippen molar-refractivity contribution in [3.63, 3.8) is 0 Å². The van der Waals surface area contributed by atoms with Crippen molar-refractivity contribution >= 4 is 11.6 Å². The van der Waals surface area contributed by atoms with Crippen molar-refractivity contribution in [2.24, 2.45) is 0 Å². The monoisotopic (exact) mass is 272 g/mol. The number of anilines is 1. The Morgan fingerprint density at radius 2 is 1.85 bits per heavy atom. The normalized spacial score (nSPS) is 11.9. The molecule has 1 atom stereocenters. The van der Waals surface area contributed by atoms with Gasteiger partial charge in [-0.2, -0.15) is 0 Å². The van der Waals surface area contributed by atoms with Gasteiger partial charge in [-0.15, -0.1) is 0 Å². The first kappa shape index (κ1) is 14.1. The van der Waals surface area contributed by atoms with Gasteiger partial charge in [0.15, 0.2) is 0 Å². The third kappa shape index (κ3) is 2.79. The van der Waals surface area contributed by atoms with E-state index in [2.05, 4.69) is 0 Å². The molecule has 2 aromatic rings. The van der Waals surface area contributed by atoms with E-state index in [1.54, 1.807) is 11.9 Å². The summed E-state index contributed by atoms with van der Waals surface area (Å²) in [6, 6.07) is 13.7. The molecule has 0 aliphatic carbocycles. The number of benzene rings is 2. The second-order valence-electron chi connectivity index (χ2n) is 4.74. The predicted molar refractivity (Wildman–Crippen MR) is 77.8 cm³/mol. The molecule has 1 amide bonds. The lowest BCUT2D eigenvalue weighted by Gasteiger charge is -2.25. The summed E-state index contributed by atoms with van der Waals surface area (Å²) in [6.45, 7) is 1.94. The van der Waals surface area contributed by atoms with Crippen LogP contribution in [0.1, 0.15) is 28.9 Å². The van der Waals surface area contributed by atoms with E-state index in [0.29, 0.717) is 5.56 Å². The highest BCUT2D eigenvalue weighted by Gasteiger charge is 2.19. The van der Waals surface area contributed by atoms with Gasteiger partial charge in [-0.25, -0.2) is 4.39 Å². The summed E-state index contributed by atoms with van der Waals surface area (Å²) in [7, 11) is 1.72. The van der Waals surface area contributed by atoms with E-state index >= 15 is 0 Å². The molecule has 0 aliphatic rings. The molecule has 0 saturated heterocycles. The number of nitrogens with zero attached hydrogens (tertiary/aromatic N) is 1. The average Bonchev–Trinajstić information content (AvgIpc) is 2.48. The Morgan fingerprint density at radius 1 is 1.20 bits per heavy atom. The molecule has 2 aromatic carbocycles. The molecule has 20 heavy (non-hydrogen) atoms. The molecular formula is C16H17FN2O. The van der Waals surface area contributed by atoms with Crippen LogP contribution in [0.4, 0.5) is 10.1 Å². The van der Waals surface area contributed by atoms with Gasteiger partial charge >= 0.3 is 0 Å². The molecule has 0 fully saturated rings. The molecule has 3 nitrogen and oxygen atoms in total. The Kier molecular flexibility index (Phi) is 4.03. The molecule has 104 valence electrons. The van der Waals surface area contributed by atoms with Gasteiger partial charge in [0, 0.05) is 12.6 Å². The summed E-state index contributed by atoms with van der Waals surface area (Å²) in [5.41, 5.74) is 6.91. The van der Waals surface area contributed by atoms with Gasteiger partial charge in [-0.05, 0) is 30.7 Å². The van der Waals surface area contributed by atoms with Gasteiger partial charge in [-0.1, -0.05) is 30.3 Å². The van der Waals surface area contributed by atoms with Gasteiger partial charge in [0.1, 0.15) is 5.82 Å². The first-order chi connectivity index (χ1) is 9.50. The number of hydrogen-bond donors (Lipinski definition) is 1. The van der Waals surface area contributed by atoms with Crippen molar-refractivity contribution in [3.8, 4) is 0 Å². The van der Waals surface area contributed by atoms with Crippen molar-refractivity contribution < 1.29 is 9.18 Å². The average molecular weight is 272 g/mol. The maximum absolute atomic E-state index is 13.1. The fourth-order valence-corrected chi connectivity index (χ4v) is 2.01. The fourth-order valence-electron chi connectivity index (χ4n) is 2.01. The first-order valence-corrected chi connectivity index (χ1v) is 6.38. The van der Waals surface area contributed by atoms with E-state index in [-0.39, 0.29) is 17.6 Å². The van der Waals surface area contributed by atoms with E-state index in [9.17, 15) is 9.18 Å². The topological polar surface area (TPSA) is 46.3 Å². The Labute approximate surface area is 117 Å². The van der Waals surface area contributed by atoms with Crippen molar-refractivity contribution in [1.29, 1.82) is 0 Å².